The first-order valence-electron chi connectivity index (χ1n) is 27.9. The number of hydrogen-bond donors (Lipinski definition) is 15. The highest BCUT2D eigenvalue weighted by Crippen LogP contribution is 2.76. The van der Waals surface area contributed by atoms with Gasteiger partial charge >= 0.3 is 0 Å². The van der Waals surface area contributed by atoms with Crippen molar-refractivity contribution in [1.29, 1.82) is 0 Å². The van der Waals surface area contributed by atoms with E-state index < -0.39 is 177 Å². The number of fused-ring (bicyclic) bond motifs is 7. The number of hydrogen-bond acceptors (Lipinski definition) is 23. The summed E-state index contributed by atoms with van der Waals surface area (Å²) in [6.45, 7) is 14.7. The molecule has 0 spiro atoms. The summed E-state index contributed by atoms with van der Waals surface area (Å²) in [5.41, 5.74) is -2.00. The minimum Gasteiger partial charge on any atom is -0.394 e. The quantitative estimate of drug-likeness (QED) is 0.0704. The van der Waals surface area contributed by atoms with Crippen LogP contribution in [0.2, 0.25) is 0 Å². The Hall–Kier alpha value is -1.18. The van der Waals surface area contributed by atoms with Crippen LogP contribution in [0.1, 0.15) is 107 Å². The molecule has 0 amide bonds. The van der Waals surface area contributed by atoms with Gasteiger partial charge in [-0.25, -0.2) is 0 Å². The maximum Gasteiger partial charge on any atom is 0.187 e. The molecule has 0 radical (unpaired) electrons. The van der Waals surface area contributed by atoms with Gasteiger partial charge in [0.1, 0.15) is 91.6 Å². The Morgan fingerprint density at radius 1 is 0.532 bits per heavy atom. The van der Waals surface area contributed by atoms with Crippen LogP contribution in [0.4, 0.5) is 0 Å². The molecule has 30 atom stereocenters. The highest BCUT2D eigenvalue weighted by Gasteiger charge is 2.71. The van der Waals surface area contributed by atoms with Crippen molar-refractivity contribution in [3.8, 4) is 0 Å². The Bertz CT molecular complexity index is 2080. The first-order valence-corrected chi connectivity index (χ1v) is 27.9. The summed E-state index contributed by atoms with van der Waals surface area (Å²) in [6.07, 6.45) is -25.9. The van der Waals surface area contributed by atoms with Gasteiger partial charge in [0.25, 0.3) is 0 Å². The molecule has 0 unspecified atom stereocenters. The third-order valence-electron chi connectivity index (χ3n) is 21.7. The van der Waals surface area contributed by atoms with Gasteiger partial charge in [0.05, 0.1) is 50.8 Å². The largest absolute Gasteiger partial charge is 0.394 e. The number of aliphatic hydroxyl groups excluding tert-OH is 15. The minimum atomic E-state index is -1.76. The lowest BCUT2D eigenvalue weighted by atomic mass is 9.33. The van der Waals surface area contributed by atoms with Gasteiger partial charge in [-0.1, -0.05) is 60.1 Å². The van der Waals surface area contributed by atoms with Crippen molar-refractivity contribution < 1.29 is 114 Å². The average molecular weight is 1110 g/mol. The normalized spacial score (nSPS) is 55.5. The molecular weight excluding hydrogens is 1020 g/mol. The van der Waals surface area contributed by atoms with Crippen molar-refractivity contribution in [3.63, 3.8) is 0 Å². The number of aliphatic hydroxyl groups is 15. The molecule has 4 heterocycles. The van der Waals surface area contributed by atoms with Crippen LogP contribution in [0.3, 0.4) is 0 Å². The second-order valence-electron chi connectivity index (χ2n) is 26.5. The number of allylic oxidation sites excluding steroid dienone is 2. The molecule has 5 aliphatic carbocycles. The van der Waals surface area contributed by atoms with Gasteiger partial charge in [-0.05, 0) is 103 Å². The Labute approximate surface area is 449 Å². The molecule has 4 aliphatic heterocycles. The lowest BCUT2D eigenvalue weighted by Crippen LogP contribution is -2.69. The molecule has 9 rings (SSSR count). The summed E-state index contributed by atoms with van der Waals surface area (Å²) in [7, 11) is 0. The molecule has 4 saturated carbocycles. The van der Waals surface area contributed by atoms with Gasteiger partial charge in [-0.3, -0.25) is 0 Å². The van der Waals surface area contributed by atoms with E-state index >= 15 is 0 Å². The van der Waals surface area contributed by atoms with E-state index in [1.807, 2.05) is 13.8 Å². The summed E-state index contributed by atoms with van der Waals surface area (Å²) in [4.78, 5) is 0. The first kappa shape index (κ1) is 60.4. The number of rotatable bonds is 12. The van der Waals surface area contributed by atoms with Crippen LogP contribution in [0.5, 0.6) is 0 Å². The zero-order valence-corrected chi connectivity index (χ0v) is 45.5. The molecule has 444 valence electrons. The van der Waals surface area contributed by atoms with E-state index in [0.717, 1.165) is 25.7 Å². The molecule has 4 saturated heterocycles. The molecule has 23 nitrogen and oxygen atoms in total. The van der Waals surface area contributed by atoms with Crippen molar-refractivity contribution >= 4 is 0 Å². The molecular formula is C54H90O23. The Morgan fingerprint density at radius 3 is 1.73 bits per heavy atom. The van der Waals surface area contributed by atoms with Crippen LogP contribution in [-0.4, -0.2) is 244 Å². The van der Waals surface area contributed by atoms with Crippen LogP contribution in [0, 0.1) is 50.2 Å². The SMILES string of the molecule is C[C@@H]1O[C@@H](O[C@H]2[C@H](OC[C@@]34CC[C@]5(C)C(=CC[C@@H]6[C@@]7(C)CC[C@H](O[C@@H]8O[C@H](CO[C@@H]9O[C@H](CO)[C@@H](O)[C@H](O)[C@H]9O)[C@@H](O)[C@H](O)[C@H]8O)C(C)(C)[C@@H]7CC[C@]65C)[C@@H]3CC(C)(C)[C@@H](O)[C@@H]4O)O[C@H](CO)[C@@H](O)[C@@H]2O)[C@H](O)[C@H](O)[C@H]1O. The molecule has 77 heavy (non-hydrogen) atoms. The fourth-order valence-corrected chi connectivity index (χ4v) is 16.6. The van der Waals surface area contributed by atoms with E-state index in [2.05, 4.69) is 40.7 Å². The number of ether oxygens (including phenoxy) is 8. The van der Waals surface area contributed by atoms with Crippen LogP contribution in [0.25, 0.3) is 0 Å². The van der Waals surface area contributed by atoms with Crippen LogP contribution >= 0.6 is 0 Å². The van der Waals surface area contributed by atoms with Crippen molar-refractivity contribution in [3.05, 3.63) is 11.6 Å². The van der Waals surface area contributed by atoms with Crippen molar-refractivity contribution in [1.82, 2.24) is 0 Å². The molecule has 0 aromatic carbocycles. The van der Waals surface area contributed by atoms with Crippen molar-refractivity contribution in [2.45, 2.75) is 248 Å². The predicted molar refractivity (Wildman–Crippen MR) is 264 cm³/mol. The van der Waals surface area contributed by atoms with Crippen LogP contribution in [-0.2, 0) is 37.9 Å². The Balaban J connectivity index is 0.938. The summed E-state index contributed by atoms with van der Waals surface area (Å²) in [5.74, 6) is -0.00555. The first-order chi connectivity index (χ1) is 35.9. The topological polar surface area (TPSA) is 377 Å². The maximum absolute atomic E-state index is 12.5. The highest BCUT2D eigenvalue weighted by molar-refractivity contribution is 5.35. The van der Waals surface area contributed by atoms with Crippen LogP contribution in [0.15, 0.2) is 11.6 Å². The second-order valence-corrected chi connectivity index (χ2v) is 26.5. The van der Waals surface area contributed by atoms with E-state index in [1.165, 1.54) is 12.5 Å². The lowest BCUT2D eigenvalue weighted by molar-refractivity contribution is -0.369. The summed E-state index contributed by atoms with van der Waals surface area (Å²) in [6, 6.07) is 0. The van der Waals surface area contributed by atoms with Gasteiger partial charge < -0.3 is 114 Å². The van der Waals surface area contributed by atoms with Gasteiger partial charge in [0, 0.05) is 5.41 Å². The van der Waals surface area contributed by atoms with Gasteiger partial charge in [-0.15, -0.1) is 0 Å². The third-order valence-corrected chi connectivity index (χ3v) is 21.7. The van der Waals surface area contributed by atoms with E-state index in [9.17, 15) is 76.6 Å². The predicted octanol–water partition coefficient (Wildman–Crippen LogP) is -2.59. The van der Waals surface area contributed by atoms with Crippen molar-refractivity contribution in [2.24, 2.45) is 50.2 Å². The molecule has 0 bridgehead atoms. The Morgan fingerprint density at radius 2 is 1.09 bits per heavy atom. The van der Waals surface area contributed by atoms with Crippen LogP contribution < -0.4 is 0 Å². The third kappa shape index (κ3) is 9.74. The molecule has 0 aromatic rings. The molecule has 9 aliphatic rings. The maximum atomic E-state index is 12.5. The molecule has 0 aromatic heterocycles. The van der Waals surface area contributed by atoms with E-state index in [1.54, 1.807) is 0 Å². The smallest absolute Gasteiger partial charge is 0.187 e. The van der Waals surface area contributed by atoms with E-state index in [-0.39, 0.29) is 40.6 Å². The fourth-order valence-electron chi connectivity index (χ4n) is 16.6. The zero-order chi connectivity index (χ0) is 56.4. The minimum absolute atomic E-state index is 0.118. The Kier molecular flexibility index (Phi) is 17.1. The summed E-state index contributed by atoms with van der Waals surface area (Å²) >= 11 is 0. The van der Waals surface area contributed by atoms with E-state index in [4.69, 9.17) is 37.9 Å². The van der Waals surface area contributed by atoms with Crippen molar-refractivity contribution in [2.75, 3.05) is 26.4 Å². The summed E-state index contributed by atoms with van der Waals surface area (Å²) in [5, 5.41) is 163. The molecule has 8 fully saturated rings. The molecule has 15 N–H and O–H groups in total. The fraction of sp³-hybridized carbons (Fsp3) is 0.963. The lowest BCUT2D eigenvalue weighted by Gasteiger charge is -2.72. The van der Waals surface area contributed by atoms with Gasteiger partial charge in [0.2, 0.25) is 0 Å². The molecule has 23 heteroatoms. The second kappa shape index (κ2) is 21.8. The standard InChI is InChI=1S/C54H90O23/c1-22-31(57)35(61)40(66)46(72-22)77-42-38(64)33(59)26(19-56)74-48(42)71-21-54-16-15-52(7)23(24(54)17-49(2,3)43(68)44(54)69)9-10-29-51(6)13-12-30(50(4,5)28(51)11-14-53(29,52)8)76-47-41(67)37(63)34(60)27(75-47)20-70-45-39(65)36(62)32(58)25(18-55)73-45/h9,22,24-48,55-69H,10-21H2,1-8H3/t22-,24-,25+,26+,27+,28-,29+,30-,31-,32+,33+,34+,35+,36-,37-,38-,39+,40+,41+,42+,43-,44-,45+,46-,47-,48+,51-,52+,53+,54-/m0/s1. The van der Waals surface area contributed by atoms with E-state index in [0.29, 0.717) is 25.7 Å². The zero-order valence-electron chi connectivity index (χ0n) is 45.5. The average Bonchev–Trinajstić information content (AvgIpc) is 3.58. The monoisotopic (exact) mass is 1110 g/mol. The van der Waals surface area contributed by atoms with Gasteiger partial charge in [-0.2, -0.15) is 0 Å². The van der Waals surface area contributed by atoms with Gasteiger partial charge in [0.15, 0.2) is 25.2 Å². The summed E-state index contributed by atoms with van der Waals surface area (Å²) < 4.78 is 48.3. The highest BCUT2D eigenvalue weighted by atomic mass is 16.8.